The molecular weight excluding hydrogens is 438 g/mol. The zero-order chi connectivity index (χ0) is 23.4. The average molecular weight is 458 g/mol. The van der Waals surface area contributed by atoms with Crippen LogP contribution in [0.5, 0.6) is 0 Å². The summed E-state index contributed by atoms with van der Waals surface area (Å²) >= 11 is 0. The van der Waals surface area contributed by atoms with Crippen molar-refractivity contribution < 1.29 is 4.42 Å². The number of nitrogens with zero attached hydrogens (tertiary/aromatic N) is 1. The van der Waals surface area contributed by atoms with Crippen molar-refractivity contribution in [3.8, 4) is 0 Å². The highest BCUT2D eigenvalue weighted by atomic mass is 16.3. The van der Waals surface area contributed by atoms with Gasteiger partial charge in [0.05, 0.1) is 11.0 Å². The summed E-state index contributed by atoms with van der Waals surface area (Å²) in [6.45, 7) is 0. The lowest BCUT2D eigenvalue weighted by Crippen LogP contribution is -1.92. The quantitative estimate of drug-likeness (QED) is 0.207. The second-order valence-corrected chi connectivity index (χ2v) is 9.74. The van der Waals surface area contributed by atoms with E-state index in [1.807, 2.05) is 6.07 Å². The molecule has 0 saturated heterocycles. The van der Waals surface area contributed by atoms with E-state index in [1.54, 1.807) is 0 Å². The van der Waals surface area contributed by atoms with Crippen LogP contribution in [0.15, 0.2) is 120 Å². The molecule has 0 unspecified atom stereocenters. The minimum absolute atomic E-state index is 0.927. The number of furan rings is 1. The molecule has 166 valence electrons. The number of hydrogen-bond acceptors (Lipinski definition) is 1. The minimum atomic E-state index is 0.927. The van der Waals surface area contributed by atoms with Crippen LogP contribution in [0.2, 0.25) is 0 Å². The molecule has 3 aromatic heterocycles. The Labute approximate surface area is 205 Å². The van der Waals surface area contributed by atoms with E-state index in [2.05, 4.69) is 114 Å². The van der Waals surface area contributed by atoms with Crippen LogP contribution in [0.1, 0.15) is 0 Å². The zero-order valence-corrected chi connectivity index (χ0v) is 19.3. The molecule has 0 aliphatic heterocycles. The van der Waals surface area contributed by atoms with Crippen molar-refractivity contribution in [1.82, 2.24) is 4.40 Å². The second kappa shape index (κ2) is 6.44. The molecule has 0 fully saturated rings. The molecule has 6 aromatic carbocycles. The molecular formula is C34H19NO. The standard InChI is InChI=1S/C34H19NO/c1-2-10-21-20(9-1)19-35-29-17-27-24-13-7-8-16-30(24)36-31(27)18-28(29)32-25-14-5-3-11-22(25)23-12-4-6-15-26(23)33(32)34(21)35/h1-19H. The van der Waals surface area contributed by atoms with Crippen molar-refractivity contribution in [1.29, 1.82) is 0 Å². The highest BCUT2D eigenvalue weighted by Gasteiger charge is 2.19. The van der Waals surface area contributed by atoms with Gasteiger partial charge in [0.1, 0.15) is 11.2 Å². The lowest BCUT2D eigenvalue weighted by Gasteiger charge is -2.16. The van der Waals surface area contributed by atoms with Gasteiger partial charge in [-0.25, -0.2) is 0 Å². The second-order valence-electron chi connectivity index (χ2n) is 9.74. The van der Waals surface area contributed by atoms with E-state index in [9.17, 15) is 0 Å². The Morgan fingerprint density at radius 2 is 1.06 bits per heavy atom. The van der Waals surface area contributed by atoms with Gasteiger partial charge in [-0.15, -0.1) is 0 Å². The van der Waals surface area contributed by atoms with Gasteiger partial charge in [0, 0.05) is 43.9 Å². The normalized spacial score (nSPS) is 12.4. The number of aromatic nitrogens is 1. The Balaban J connectivity index is 1.70. The maximum atomic E-state index is 6.37. The molecule has 0 N–H and O–H groups in total. The summed E-state index contributed by atoms with van der Waals surface area (Å²) in [6, 6.07) is 39.3. The van der Waals surface area contributed by atoms with Crippen LogP contribution < -0.4 is 0 Å². The summed E-state index contributed by atoms with van der Waals surface area (Å²) in [6.07, 6.45) is 2.30. The first-order valence-corrected chi connectivity index (χ1v) is 12.4. The van der Waals surface area contributed by atoms with E-state index in [-0.39, 0.29) is 0 Å². The van der Waals surface area contributed by atoms with E-state index in [0.29, 0.717) is 0 Å². The number of fused-ring (bicyclic) bond motifs is 16. The molecule has 36 heavy (non-hydrogen) atoms. The van der Waals surface area contributed by atoms with Gasteiger partial charge >= 0.3 is 0 Å². The Hall–Kier alpha value is -4.82. The number of para-hydroxylation sites is 1. The number of hydrogen-bond donors (Lipinski definition) is 0. The van der Waals surface area contributed by atoms with Crippen LogP contribution in [-0.2, 0) is 0 Å². The molecule has 3 heterocycles. The first-order valence-electron chi connectivity index (χ1n) is 12.4. The molecule has 0 bridgehead atoms. The van der Waals surface area contributed by atoms with Gasteiger partial charge in [-0.2, -0.15) is 0 Å². The monoisotopic (exact) mass is 457 g/mol. The molecule has 0 aliphatic rings. The molecule has 2 nitrogen and oxygen atoms in total. The van der Waals surface area contributed by atoms with Crippen LogP contribution in [0, 0.1) is 0 Å². The van der Waals surface area contributed by atoms with Gasteiger partial charge < -0.3 is 8.82 Å². The molecule has 0 saturated carbocycles. The molecule has 0 amide bonds. The fourth-order valence-electron chi connectivity index (χ4n) is 6.43. The third-order valence-corrected chi connectivity index (χ3v) is 7.92. The molecule has 0 atom stereocenters. The van der Waals surface area contributed by atoms with E-state index in [1.165, 1.54) is 59.5 Å². The molecule has 9 rings (SSSR count). The van der Waals surface area contributed by atoms with Gasteiger partial charge in [-0.05, 0) is 39.7 Å². The highest BCUT2D eigenvalue weighted by Crippen LogP contribution is 2.45. The van der Waals surface area contributed by atoms with Crippen LogP contribution in [0.4, 0.5) is 0 Å². The summed E-state index contributed by atoms with van der Waals surface area (Å²) in [5, 5.41) is 13.8. The number of pyridine rings is 1. The molecule has 0 radical (unpaired) electrons. The van der Waals surface area contributed by atoms with Gasteiger partial charge in [0.25, 0.3) is 0 Å². The van der Waals surface area contributed by atoms with E-state index >= 15 is 0 Å². The van der Waals surface area contributed by atoms with Crippen molar-refractivity contribution in [3.05, 3.63) is 115 Å². The van der Waals surface area contributed by atoms with Crippen LogP contribution in [-0.4, -0.2) is 4.40 Å². The molecule has 0 aliphatic carbocycles. The third kappa shape index (κ3) is 2.18. The van der Waals surface area contributed by atoms with E-state index in [0.717, 1.165) is 21.9 Å². The van der Waals surface area contributed by atoms with Crippen molar-refractivity contribution >= 4 is 81.4 Å². The molecule has 2 heteroatoms. The third-order valence-electron chi connectivity index (χ3n) is 7.92. The summed E-state index contributed by atoms with van der Waals surface area (Å²) in [4.78, 5) is 0. The predicted molar refractivity (Wildman–Crippen MR) is 152 cm³/mol. The van der Waals surface area contributed by atoms with Crippen molar-refractivity contribution in [2.75, 3.05) is 0 Å². The first-order chi connectivity index (χ1) is 17.9. The van der Waals surface area contributed by atoms with E-state index in [4.69, 9.17) is 4.42 Å². The van der Waals surface area contributed by atoms with Crippen molar-refractivity contribution in [2.24, 2.45) is 0 Å². The van der Waals surface area contributed by atoms with Crippen molar-refractivity contribution in [2.45, 2.75) is 0 Å². The Bertz CT molecular complexity index is 2370. The molecule has 9 aromatic rings. The largest absolute Gasteiger partial charge is 0.456 e. The van der Waals surface area contributed by atoms with E-state index < -0.39 is 0 Å². The SMILES string of the molecule is c1ccc2c(c1)cn1c3cc4c(cc3c3c5ccccc5c5ccccc5c3c21)oc1ccccc14. The fourth-order valence-corrected chi connectivity index (χ4v) is 6.43. The predicted octanol–water partition coefficient (Wildman–Crippen LogP) is 9.60. The minimum Gasteiger partial charge on any atom is -0.456 e. The van der Waals surface area contributed by atoms with Crippen molar-refractivity contribution in [3.63, 3.8) is 0 Å². The topological polar surface area (TPSA) is 17.6 Å². The van der Waals surface area contributed by atoms with Crippen LogP contribution in [0.25, 0.3) is 81.4 Å². The van der Waals surface area contributed by atoms with Crippen LogP contribution in [0.3, 0.4) is 0 Å². The maximum Gasteiger partial charge on any atom is 0.136 e. The Kier molecular flexibility index (Phi) is 3.31. The fraction of sp³-hybridized carbons (Fsp3) is 0. The summed E-state index contributed by atoms with van der Waals surface area (Å²) in [5.41, 5.74) is 4.32. The summed E-state index contributed by atoms with van der Waals surface area (Å²) < 4.78 is 8.78. The zero-order valence-electron chi connectivity index (χ0n) is 19.3. The number of rotatable bonds is 0. The van der Waals surface area contributed by atoms with Gasteiger partial charge in [-0.1, -0.05) is 91.0 Å². The maximum absolute atomic E-state index is 6.37. The Morgan fingerprint density at radius 3 is 1.83 bits per heavy atom. The lowest BCUT2D eigenvalue weighted by atomic mass is 9.91. The Morgan fingerprint density at radius 1 is 0.444 bits per heavy atom. The number of benzene rings is 6. The van der Waals surface area contributed by atoms with Gasteiger partial charge in [-0.3, -0.25) is 0 Å². The summed E-state index contributed by atoms with van der Waals surface area (Å²) in [5.74, 6) is 0. The van der Waals surface area contributed by atoms with Crippen LogP contribution >= 0.6 is 0 Å². The highest BCUT2D eigenvalue weighted by molar-refractivity contribution is 6.37. The first kappa shape index (κ1) is 18.5. The summed E-state index contributed by atoms with van der Waals surface area (Å²) in [7, 11) is 0. The molecule has 0 spiro atoms. The smallest absolute Gasteiger partial charge is 0.136 e. The van der Waals surface area contributed by atoms with Gasteiger partial charge in [0.2, 0.25) is 0 Å². The van der Waals surface area contributed by atoms with Gasteiger partial charge in [0.15, 0.2) is 0 Å². The lowest BCUT2D eigenvalue weighted by molar-refractivity contribution is 0.669. The average Bonchev–Trinajstić information content (AvgIpc) is 3.50.